The highest BCUT2D eigenvalue weighted by Gasteiger charge is 2.26. The number of nitrogens with zero attached hydrogens (tertiary/aromatic N) is 5. The van der Waals surface area contributed by atoms with Gasteiger partial charge >= 0.3 is 6.09 Å². The minimum absolute atomic E-state index is 0.00239. The molecule has 0 N–H and O–H groups in total. The highest BCUT2D eigenvalue weighted by Crippen LogP contribution is 2.29. The Labute approximate surface area is 198 Å². The number of rotatable bonds is 3. The predicted octanol–water partition coefficient (Wildman–Crippen LogP) is 5.11. The van der Waals surface area contributed by atoms with Crippen LogP contribution in [0.3, 0.4) is 0 Å². The van der Waals surface area contributed by atoms with Gasteiger partial charge in [-0.05, 0) is 57.9 Å². The Morgan fingerprint density at radius 3 is 2.74 bits per heavy atom. The number of hydrogen-bond donors (Lipinski definition) is 0. The van der Waals surface area contributed by atoms with Gasteiger partial charge in [0.2, 0.25) is 0 Å². The predicted molar refractivity (Wildman–Crippen MR) is 130 cm³/mol. The average molecular weight is 460 g/mol. The number of hydrogen-bond acceptors (Lipinski definition) is 6. The topological polar surface area (TPSA) is 81.8 Å². The molecule has 0 aliphatic carbocycles. The van der Waals surface area contributed by atoms with Crippen LogP contribution < -0.4 is 4.74 Å². The molecule has 4 heterocycles. The Kier molecular flexibility index (Phi) is 5.81. The van der Waals surface area contributed by atoms with Crippen LogP contribution in [0.5, 0.6) is 5.75 Å². The van der Waals surface area contributed by atoms with E-state index >= 15 is 0 Å². The lowest BCUT2D eigenvalue weighted by molar-refractivity contribution is 0.0252. The summed E-state index contributed by atoms with van der Waals surface area (Å²) in [6.45, 7) is 6.94. The van der Waals surface area contributed by atoms with Crippen molar-refractivity contribution in [2.45, 2.75) is 51.7 Å². The Hall–Kier alpha value is -3.68. The van der Waals surface area contributed by atoms with Gasteiger partial charge in [0, 0.05) is 31.1 Å². The van der Waals surface area contributed by atoms with Crippen LogP contribution in [0, 0.1) is 0 Å². The molecule has 1 saturated heterocycles. The van der Waals surface area contributed by atoms with E-state index in [1.54, 1.807) is 4.90 Å². The molecule has 1 aromatic carbocycles. The third-order valence-electron chi connectivity index (χ3n) is 5.85. The van der Waals surface area contributed by atoms with Crippen LogP contribution in [0.15, 0.2) is 54.7 Å². The van der Waals surface area contributed by atoms with E-state index in [1.165, 1.54) is 0 Å². The van der Waals surface area contributed by atoms with Gasteiger partial charge in [-0.25, -0.2) is 9.78 Å². The summed E-state index contributed by atoms with van der Waals surface area (Å²) in [7, 11) is 0. The molecule has 1 fully saturated rings. The molecule has 0 saturated carbocycles. The minimum Gasteiger partial charge on any atom is -0.488 e. The van der Waals surface area contributed by atoms with Gasteiger partial charge in [0.1, 0.15) is 28.7 Å². The number of carbonyl (C=O) groups excluding carboxylic acids is 1. The summed E-state index contributed by atoms with van der Waals surface area (Å²) in [4.78, 5) is 19.2. The highest BCUT2D eigenvalue weighted by molar-refractivity contribution is 5.86. The maximum absolute atomic E-state index is 12.5. The smallest absolute Gasteiger partial charge is 0.410 e. The molecule has 4 aromatic rings. The van der Waals surface area contributed by atoms with Gasteiger partial charge in [-0.15, -0.1) is 10.2 Å². The largest absolute Gasteiger partial charge is 0.488 e. The van der Waals surface area contributed by atoms with Crippen molar-refractivity contribution >= 4 is 22.6 Å². The lowest BCUT2D eigenvalue weighted by Crippen LogP contribution is -2.37. The molecule has 1 unspecified atom stereocenters. The van der Waals surface area contributed by atoms with E-state index in [0.29, 0.717) is 18.9 Å². The first-order chi connectivity index (χ1) is 16.4. The second-order valence-electron chi connectivity index (χ2n) is 9.61. The van der Waals surface area contributed by atoms with E-state index in [4.69, 9.17) is 14.5 Å². The zero-order valence-electron chi connectivity index (χ0n) is 19.8. The molecule has 0 radical (unpaired) electrons. The quantitative estimate of drug-likeness (QED) is 0.423. The third-order valence-corrected chi connectivity index (χ3v) is 5.85. The molecular formula is C26H29N5O3. The van der Waals surface area contributed by atoms with Crippen LogP contribution in [0.2, 0.25) is 0 Å². The normalized spacial score (nSPS) is 17.0. The number of pyridine rings is 2. The lowest BCUT2D eigenvalue weighted by Gasteiger charge is -2.26. The Morgan fingerprint density at radius 2 is 1.88 bits per heavy atom. The van der Waals surface area contributed by atoms with E-state index in [-0.39, 0.29) is 12.2 Å². The van der Waals surface area contributed by atoms with Crippen molar-refractivity contribution < 1.29 is 14.3 Å². The molecule has 0 spiro atoms. The van der Waals surface area contributed by atoms with Crippen molar-refractivity contribution in [2.75, 3.05) is 13.1 Å². The van der Waals surface area contributed by atoms with Crippen LogP contribution in [-0.4, -0.2) is 55.4 Å². The van der Waals surface area contributed by atoms with Crippen molar-refractivity contribution in [2.24, 2.45) is 0 Å². The molecule has 5 rings (SSSR count). The number of aromatic nitrogens is 4. The first-order valence-electron chi connectivity index (χ1n) is 11.7. The summed E-state index contributed by atoms with van der Waals surface area (Å²) in [5.74, 6) is 1.43. The molecule has 3 aromatic heterocycles. The van der Waals surface area contributed by atoms with E-state index in [0.717, 1.165) is 47.3 Å². The Morgan fingerprint density at radius 1 is 1.00 bits per heavy atom. The van der Waals surface area contributed by atoms with Gasteiger partial charge in [0.15, 0.2) is 11.5 Å². The van der Waals surface area contributed by atoms with Crippen LogP contribution in [0.4, 0.5) is 4.79 Å². The molecule has 34 heavy (non-hydrogen) atoms. The number of para-hydroxylation sites is 1. The summed E-state index contributed by atoms with van der Waals surface area (Å²) in [5.41, 5.74) is 1.80. The number of benzene rings is 1. The minimum atomic E-state index is -0.499. The number of likely N-dealkylation sites (tertiary alicyclic amines) is 1. The highest BCUT2D eigenvalue weighted by atomic mass is 16.6. The average Bonchev–Trinajstić information content (AvgIpc) is 3.09. The first-order valence-corrected chi connectivity index (χ1v) is 11.7. The molecule has 8 nitrogen and oxygen atoms in total. The standard InChI is InChI=1S/C26H29N5O3/c1-26(2,3)34-25(32)30-15-7-9-19(14-17-30)33-21-10-6-8-18-12-13-20(27-23(18)21)24-29-28-22-11-4-5-16-31(22)24/h4-6,8,10-13,16,19H,7,9,14-15,17H2,1-3H3. The molecule has 176 valence electrons. The van der Waals surface area contributed by atoms with Gasteiger partial charge in [-0.2, -0.15) is 0 Å². The van der Waals surface area contributed by atoms with Gasteiger partial charge in [0.05, 0.1) is 0 Å². The zero-order chi connectivity index (χ0) is 23.7. The summed E-state index contributed by atoms with van der Waals surface area (Å²) in [5, 5.41) is 9.58. The van der Waals surface area contributed by atoms with Crippen LogP contribution in [-0.2, 0) is 4.74 Å². The van der Waals surface area contributed by atoms with Crippen molar-refractivity contribution in [3.63, 3.8) is 0 Å². The molecule has 8 heteroatoms. The zero-order valence-corrected chi connectivity index (χ0v) is 19.8. The molecule has 1 aliphatic rings. The van der Waals surface area contributed by atoms with E-state index in [2.05, 4.69) is 10.2 Å². The second-order valence-corrected chi connectivity index (χ2v) is 9.61. The van der Waals surface area contributed by atoms with Crippen molar-refractivity contribution in [3.8, 4) is 17.3 Å². The Bertz CT molecular complexity index is 1330. The monoisotopic (exact) mass is 459 g/mol. The summed E-state index contributed by atoms with van der Waals surface area (Å²) in [6.07, 6.45) is 4.14. The van der Waals surface area contributed by atoms with E-state index in [1.807, 2.05) is 79.9 Å². The first kappa shape index (κ1) is 22.1. The summed E-state index contributed by atoms with van der Waals surface area (Å²) < 4.78 is 13.9. The SMILES string of the molecule is CC(C)(C)OC(=O)N1CCCC(Oc2cccc3ccc(-c4nnc5ccccn45)nc23)CC1. The molecule has 1 atom stereocenters. The van der Waals surface area contributed by atoms with E-state index < -0.39 is 5.60 Å². The summed E-state index contributed by atoms with van der Waals surface area (Å²) >= 11 is 0. The number of amides is 1. The van der Waals surface area contributed by atoms with Crippen molar-refractivity contribution in [1.29, 1.82) is 0 Å². The van der Waals surface area contributed by atoms with Gasteiger partial charge in [0.25, 0.3) is 0 Å². The fourth-order valence-corrected chi connectivity index (χ4v) is 4.23. The fraction of sp³-hybridized carbons (Fsp3) is 0.385. The van der Waals surface area contributed by atoms with Crippen LogP contribution in [0.1, 0.15) is 40.0 Å². The molecule has 0 bridgehead atoms. The number of ether oxygens (including phenoxy) is 2. The molecule has 1 amide bonds. The van der Waals surface area contributed by atoms with Gasteiger partial charge < -0.3 is 14.4 Å². The second kappa shape index (κ2) is 8.93. The van der Waals surface area contributed by atoms with Crippen molar-refractivity contribution in [1.82, 2.24) is 24.5 Å². The number of fused-ring (bicyclic) bond motifs is 2. The Balaban J connectivity index is 1.37. The lowest BCUT2D eigenvalue weighted by atomic mass is 10.1. The summed E-state index contributed by atoms with van der Waals surface area (Å²) in [6, 6.07) is 15.8. The van der Waals surface area contributed by atoms with Gasteiger partial charge in [-0.1, -0.05) is 24.3 Å². The van der Waals surface area contributed by atoms with Crippen molar-refractivity contribution in [3.05, 3.63) is 54.7 Å². The van der Waals surface area contributed by atoms with Crippen LogP contribution >= 0.6 is 0 Å². The van der Waals surface area contributed by atoms with Gasteiger partial charge in [-0.3, -0.25) is 4.40 Å². The maximum Gasteiger partial charge on any atom is 0.410 e. The molecule has 1 aliphatic heterocycles. The van der Waals surface area contributed by atoms with E-state index in [9.17, 15) is 4.79 Å². The molecular weight excluding hydrogens is 430 g/mol. The maximum atomic E-state index is 12.5. The van der Waals surface area contributed by atoms with Crippen LogP contribution in [0.25, 0.3) is 28.1 Å². The number of carbonyl (C=O) groups is 1. The fourth-order valence-electron chi connectivity index (χ4n) is 4.23. The third kappa shape index (κ3) is 4.66.